The molecule has 3 rings (SSSR count). The summed E-state index contributed by atoms with van der Waals surface area (Å²) in [5.41, 5.74) is 1.47. The second-order valence-electron chi connectivity index (χ2n) is 5.13. The van der Waals surface area contributed by atoms with Crippen molar-refractivity contribution in [1.82, 2.24) is 29.9 Å². The number of nitrogens with one attached hydrogen (secondary N) is 1. The van der Waals surface area contributed by atoms with Crippen LogP contribution in [0.4, 0.5) is 4.39 Å². The Bertz CT molecular complexity index is 797. The largest absolute Gasteiger partial charge is 0.338 e. The van der Waals surface area contributed by atoms with Gasteiger partial charge in [-0.15, -0.1) is 5.10 Å². The fourth-order valence-electron chi connectivity index (χ4n) is 2.19. The van der Waals surface area contributed by atoms with Crippen LogP contribution in [0.2, 0.25) is 5.02 Å². The highest BCUT2D eigenvalue weighted by Crippen LogP contribution is 2.18. The van der Waals surface area contributed by atoms with E-state index in [-0.39, 0.29) is 5.02 Å². The topological polar surface area (TPSA) is 60.6 Å². The molecule has 6 nitrogen and oxygen atoms in total. The number of hydrogen-bond acceptors (Lipinski definition) is 4. The van der Waals surface area contributed by atoms with Crippen LogP contribution in [-0.4, -0.2) is 31.1 Å². The number of aryl methyl sites for hydroxylation is 1. The van der Waals surface area contributed by atoms with Gasteiger partial charge < -0.3 is 9.88 Å². The monoisotopic (exact) mass is 334 g/mol. The minimum Gasteiger partial charge on any atom is -0.338 e. The third-order valence-corrected chi connectivity index (χ3v) is 3.75. The van der Waals surface area contributed by atoms with Gasteiger partial charge in [-0.25, -0.2) is 14.1 Å². The van der Waals surface area contributed by atoms with E-state index in [1.807, 2.05) is 17.8 Å². The Labute approximate surface area is 137 Å². The van der Waals surface area contributed by atoms with E-state index in [0.29, 0.717) is 12.2 Å². The number of rotatable bonds is 6. The number of benzene rings is 1. The molecule has 0 aliphatic carbocycles. The molecule has 0 radical (unpaired) electrons. The predicted molar refractivity (Wildman–Crippen MR) is 84.9 cm³/mol. The summed E-state index contributed by atoms with van der Waals surface area (Å²) < 4.78 is 16.7. The lowest BCUT2D eigenvalue weighted by atomic mass is 10.3. The molecule has 120 valence electrons. The van der Waals surface area contributed by atoms with Crippen LogP contribution in [0, 0.1) is 5.82 Å². The van der Waals surface area contributed by atoms with Crippen LogP contribution >= 0.6 is 11.6 Å². The quantitative estimate of drug-likeness (QED) is 0.701. The fraction of sp³-hybridized carbons (Fsp3) is 0.267. The summed E-state index contributed by atoms with van der Waals surface area (Å²) in [6, 6.07) is 4.43. The van der Waals surface area contributed by atoms with Crippen molar-refractivity contribution in [3.63, 3.8) is 0 Å². The van der Waals surface area contributed by atoms with Crippen molar-refractivity contribution in [3.8, 4) is 5.69 Å². The van der Waals surface area contributed by atoms with Crippen molar-refractivity contribution < 1.29 is 4.39 Å². The summed E-state index contributed by atoms with van der Waals surface area (Å²) in [7, 11) is 1.97. The summed E-state index contributed by atoms with van der Waals surface area (Å²) >= 11 is 5.78. The Hall–Kier alpha value is -2.25. The molecule has 23 heavy (non-hydrogen) atoms. The van der Waals surface area contributed by atoms with E-state index in [1.54, 1.807) is 23.1 Å². The van der Waals surface area contributed by atoms with Gasteiger partial charge in [0.1, 0.15) is 11.6 Å². The third-order valence-electron chi connectivity index (χ3n) is 3.46. The highest BCUT2D eigenvalue weighted by Gasteiger charge is 2.06. The molecule has 0 amide bonds. The molecule has 3 aromatic rings. The van der Waals surface area contributed by atoms with Crippen molar-refractivity contribution >= 4 is 11.6 Å². The molecule has 1 N–H and O–H groups in total. The molecule has 0 fully saturated rings. The molecule has 0 unspecified atom stereocenters. The van der Waals surface area contributed by atoms with Gasteiger partial charge in [-0.3, -0.25) is 0 Å². The average molecular weight is 335 g/mol. The van der Waals surface area contributed by atoms with Crippen LogP contribution in [0.1, 0.15) is 11.5 Å². The van der Waals surface area contributed by atoms with Crippen molar-refractivity contribution in [2.75, 3.05) is 6.54 Å². The molecule has 0 saturated heterocycles. The summed E-state index contributed by atoms with van der Waals surface area (Å²) in [5, 5.41) is 11.5. The number of imidazole rings is 1. The summed E-state index contributed by atoms with van der Waals surface area (Å²) in [6.07, 6.45) is 6.34. The molecule has 2 heterocycles. The Morgan fingerprint density at radius 1 is 1.35 bits per heavy atom. The lowest BCUT2D eigenvalue weighted by Gasteiger charge is -2.03. The lowest BCUT2D eigenvalue weighted by molar-refractivity contribution is 0.627. The van der Waals surface area contributed by atoms with Gasteiger partial charge >= 0.3 is 0 Å². The molecule has 0 spiro atoms. The van der Waals surface area contributed by atoms with Crippen molar-refractivity contribution in [3.05, 3.63) is 59.1 Å². The molecule has 0 atom stereocenters. The molecule has 2 aromatic heterocycles. The minimum absolute atomic E-state index is 0.0627. The smallest absolute Gasteiger partial charge is 0.141 e. The van der Waals surface area contributed by atoms with Gasteiger partial charge in [-0.1, -0.05) is 16.8 Å². The Kier molecular flexibility index (Phi) is 4.68. The van der Waals surface area contributed by atoms with Gasteiger partial charge in [0.15, 0.2) is 0 Å². The first-order chi connectivity index (χ1) is 11.1. The van der Waals surface area contributed by atoms with E-state index in [4.69, 9.17) is 11.6 Å². The standard InChI is InChI=1S/C15H16ClFN6/c1-22-7-6-19-15(22)4-5-18-9-11-10-23(21-20-11)12-2-3-14(17)13(16)8-12/h2-3,6-8,10,18H,4-5,9H2,1H3. The second kappa shape index (κ2) is 6.89. The van der Waals surface area contributed by atoms with Crippen LogP contribution in [0.3, 0.4) is 0 Å². The zero-order valence-corrected chi connectivity index (χ0v) is 13.3. The van der Waals surface area contributed by atoms with Gasteiger partial charge in [0, 0.05) is 39.0 Å². The maximum Gasteiger partial charge on any atom is 0.141 e. The third kappa shape index (κ3) is 3.75. The second-order valence-corrected chi connectivity index (χ2v) is 5.54. The van der Waals surface area contributed by atoms with Crippen molar-refractivity contribution in [2.45, 2.75) is 13.0 Å². The van der Waals surface area contributed by atoms with E-state index in [2.05, 4.69) is 20.6 Å². The first-order valence-corrected chi connectivity index (χ1v) is 7.55. The van der Waals surface area contributed by atoms with E-state index in [0.717, 1.165) is 24.5 Å². The maximum absolute atomic E-state index is 13.2. The minimum atomic E-state index is -0.452. The Morgan fingerprint density at radius 3 is 2.96 bits per heavy atom. The van der Waals surface area contributed by atoms with Gasteiger partial charge in [0.25, 0.3) is 0 Å². The molecule has 8 heteroatoms. The Balaban J connectivity index is 1.55. The molecule has 0 aliphatic heterocycles. The first-order valence-electron chi connectivity index (χ1n) is 7.17. The van der Waals surface area contributed by atoms with Crippen LogP contribution in [0.15, 0.2) is 36.8 Å². The van der Waals surface area contributed by atoms with E-state index in [1.165, 1.54) is 12.1 Å². The number of halogens is 2. The zero-order valence-electron chi connectivity index (χ0n) is 12.6. The molecular formula is C15H16ClFN6. The molecule has 0 aliphatic rings. The van der Waals surface area contributed by atoms with E-state index in [9.17, 15) is 4.39 Å². The van der Waals surface area contributed by atoms with Gasteiger partial charge in [-0.05, 0) is 18.2 Å². The summed E-state index contributed by atoms with van der Waals surface area (Å²) in [6.45, 7) is 1.39. The van der Waals surface area contributed by atoms with Crippen molar-refractivity contribution in [1.29, 1.82) is 0 Å². The van der Waals surface area contributed by atoms with Crippen LogP contribution in [0.5, 0.6) is 0 Å². The number of hydrogen-bond donors (Lipinski definition) is 1. The normalized spacial score (nSPS) is 11.1. The van der Waals surface area contributed by atoms with E-state index >= 15 is 0 Å². The highest BCUT2D eigenvalue weighted by atomic mass is 35.5. The number of nitrogens with zero attached hydrogens (tertiary/aromatic N) is 5. The Morgan fingerprint density at radius 2 is 2.22 bits per heavy atom. The lowest BCUT2D eigenvalue weighted by Crippen LogP contribution is -2.18. The molecule has 1 aromatic carbocycles. The van der Waals surface area contributed by atoms with Gasteiger partial charge in [-0.2, -0.15) is 0 Å². The summed E-state index contributed by atoms with van der Waals surface area (Å²) in [4.78, 5) is 4.27. The van der Waals surface area contributed by atoms with Crippen LogP contribution in [-0.2, 0) is 20.0 Å². The van der Waals surface area contributed by atoms with Gasteiger partial charge in [0.2, 0.25) is 0 Å². The molecule has 0 saturated carbocycles. The SMILES string of the molecule is Cn1ccnc1CCNCc1cn(-c2ccc(F)c(Cl)c2)nn1. The summed E-state index contributed by atoms with van der Waals surface area (Å²) in [5.74, 6) is 0.578. The van der Waals surface area contributed by atoms with Crippen LogP contribution < -0.4 is 5.32 Å². The van der Waals surface area contributed by atoms with E-state index < -0.39 is 5.82 Å². The predicted octanol–water partition coefficient (Wildman–Crippen LogP) is 2.13. The highest BCUT2D eigenvalue weighted by molar-refractivity contribution is 6.30. The van der Waals surface area contributed by atoms with Crippen LogP contribution in [0.25, 0.3) is 5.69 Å². The number of aromatic nitrogens is 5. The molecule has 0 bridgehead atoms. The maximum atomic E-state index is 13.2. The molecular weight excluding hydrogens is 319 g/mol. The zero-order chi connectivity index (χ0) is 16.2. The van der Waals surface area contributed by atoms with Crippen molar-refractivity contribution in [2.24, 2.45) is 7.05 Å². The van der Waals surface area contributed by atoms with Gasteiger partial charge in [0.05, 0.1) is 22.6 Å². The average Bonchev–Trinajstić information content (AvgIpc) is 3.16. The first kappa shape index (κ1) is 15.6. The fourth-order valence-corrected chi connectivity index (χ4v) is 2.36.